The molecular formula is C15H31N3Ti. The molecule has 19 heavy (non-hydrogen) atoms. The molecule has 0 fully saturated rings. The van der Waals surface area contributed by atoms with Crippen LogP contribution in [-0.4, -0.2) is 52.4 Å². The van der Waals surface area contributed by atoms with Crippen molar-refractivity contribution in [3.8, 4) is 0 Å². The average Bonchev–Trinajstić information content (AvgIpc) is 2.76. The zero-order valence-electron chi connectivity index (χ0n) is 14.0. The van der Waals surface area contributed by atoms with E-state index >= 15 is 0 Å². The zero-order chi connectivity index (χ0) is 14.8. The Morgan fingerprint density at radius 1 is 1.05 bits per heavy atom. The van der Waals surface area contributed by atoms with E-state index < -0.39 is 17.4 Å². The van der Waals surface area contributed by atoms with Crippen molar-refractivity contribution in [3.63, 3.8) is 0 Å². The quantitative estimate of drug-likeness (QED) is 0.699. The molecule has 0 saturated carbocycles. The van der Waals surface area contributed by atoms with Crippen LogP contribution in [0.3, 0.4) is 0 Å². The molecule has 0 radical (unpaired) electrons. The third kappa shape index (κ3) is 2.91. The minimum absolute atomic E-state index is 0.665. The molecule has 4 heteroatoms. The summed E-state index contributed by atoms with van der Waals surface area (Å²) >= 11 is -2.54. The van der Waals surface area contributed by atoms with Gasteiger partial charge in [0.1, 0.15) is 0 Å². The second-order valence-corrected chi connectivity index (χ2v) is 13.3. The van der Waals surface area contributed by atoms with Gasteiger partial charge in [0, 0.05) is 0 Å². The zero-order valence-corrected chi connectivity index (χ0v) is 15.5. The number of allylic oxidation sites excluding steroid dienone is 4. The van der Waals surface area contributed by atoms with Gasteiger partial charge >= 0.3 is 124 Å². The van der Waals surface area contributed by atoms with E-state index in [1.165, 1.54) is 6.42 Å². The van der Waals surface area contributed by atoms with Gasteiger partial charge in [-0.2, -0.15) is 0 Å². The predicted octanol–water partition coefficient (Wildman–Crippen LogP) is 2.83. The monoisotopic (exact) mass is 301 g/mol. The van der Waals surface area contributed by atoms with Crippen molar-refractivity contribution in [3.05, 3.63) is 21.6 Å². The Balaban J connectivity index is 3.41. The number of hydrogen-bond acceptors (Lipinski definition) is 3. The Morgan fingerprint density at radius 3 is 1.89 bits per heavy atom. The van der Waals surface area contributed by atoms with Gasteiger partial charge in [0.2, 0.25) is 0 Å². The van der Waals surface area contributed by atoms with E-state index in [-0.39, 0.29) is 0 Å². The molecule has 0 aromatic heterocycles. The summed E-state index contributed by atoms with van der Waals surface area (Å²) in [6.45, 7) is 4.65. The maximum absolute atomic E-state index is 2.54. The first-order valence-electron chi connectivity index (χ1n) is 7.22. The van der Waals surface area contributed by atoms with Crippen LogP contribution in [0.2, 0.25) is 0 Å². The van der Waals surface area contributed by atoms with Crippen molar-refractivity contribution in [2.24, 2.45) is 5.92 Å². The molecule has 110 valence electrons. The van der Waals surface area contributed by atoms with Gasteiger partial charge in [-0.05, 0) is 0 Å². The normalized spacial score (nSPS) is 18.3. The molecule has 1 rings (SSSR count). The topological polar surface area (TPSA) is 9.72 Å². The molecule has 0 aliphatic heterocycles. The van der Waals surface area contributed by atoms with E-state index in [0.717, 1.165) is 6.42 Å². The van der Waals surface area contributed by atoms with E-state index in [0.29, 0.717) is 5.92 Å². The predicted molar refractivity (Wildman–Crippen MR) is 81.3 cm³/mol. The molecule has 3 nitrogen and oxygen atoms in total. The Morgan fingerprint density at radius 2 is 1.53 bits per heavy atom. The van der Waals surface area contributed by atoms with Crippen molar-refractivity contribution in [2.45, 2.75) is 26.7 Å². The molecule has 0 aromatic carbocycles. The van der Waals surface area contributed by atoms with E-state index in [4.69, 9.17) is 0 Å². The van der Waals surface area contributed by atoms with Crippen molar-refractivity contribution < 1.29 is 17.4 Å². The third-order valence-electron chi connectivity index (χ3n) is 4.39. The summed E-state index contributed by atoms with van der Waals surface area (Å²) in [6, 6.07) is 0. The summed E-state index contributed by atoms with van der Waals surface area (Å²) in [5.41, 5.74) is 1.60. The van der Waals surface area contributed by atoms with Gasteiger partial charge in [-0.25, -0.2) is 0 Å². The number of rotatable bonds is 6. The molecular weight excluding hydrogens is 270 g/mol. The minimum atomic E-state index is -2.54. The summed E-state index contributed by atoms with van der Waals surface area (Å²) in [5, 5.41) is 0. The van der Waals surface area contributed by atoms with Crippen molar-refractivity contribution in [1.29, 1.82) is 0 Å². The van der Waals surface area contributed by atoms with Gasteiger partial charge in [-0.15, -0.1) is 0 Å². The molecule has 0 saturated heterocycles. The fraction of sp³-hybridized carbons (Fsp3) is 0.733. The number of hydrogen-bond donors (Lipinski definition) is 0. The van der Waals surface area contributed by atoms with Crippen molar-refractivity contribution in [1.82, 2.24) is 10.1 Å². The Bertz CT molecular complexity index is 348. The van der Waals surface area contributed by atoms with E-state index in [2.05, 4.69) is 78.4 Å². The fourth-order valence-corrected chi connectivity index (χ4v) is 11.6. The van der Waals surface area contributed by atoms with Crippen LogP contribution in [0.15, 0.2) is 21.6 Å². The van der Waals surface area contributed by atoms with Gasteiger partial charge in [-0.3, -0.25) is 0 Å². The van der Waals surface area contributed by atoms with Gasteiger partial charge in [0.15, 0.2) is 0 Å². The summed E-state index contributed by atoms with van der Waals surface area (Å²) in [4.78, 5) is 0. The molecule has 1 aliphatic carbocycles. The molecule has 0 N–H and O–H groups in total. The first kappa shape index (κ1) is 17.1. The van der Waals surface area contributed by atoms with E-state index in [1.807, 2.05) is 0 Å². The van der Waals surface area contributed by atoms with Crippen LogP contribution in [0.5, 0.6) is 0 Å². The summed E-state index contributed by atoms with van der Waals surface area (Å²) in [5.74, 6) is 0.665. The molecule has 0 heterocycles. The molecule has 1 atom stereocenters. The average molecular weight is 301 g/mol. The van der Waals surface area contributed by atoms with Crippen LogP contribution < -0.4 is 0 Å². The second kappa shape index (κ2) is 6.69. The van der Waals surface area contributed by atoms with Crippen LogP contribution >= 0.6 is 0 Å². The van der Waals surface area contributed by atoms with Crippen molar-refractivity contribution >= 4 is 0 Å². The first-order valence-corrected chi connectivity index (χ1v) is 10.1. The van der Waals surface area contributed by atoms with E-state index in [1.54, 1.807) is 9.45 Å². The first-order chi connectivity index (χ1) is 8.79. The third-order valence-corrected chi connectivity index (χ3v) is 12.3. The molecule has 1 unspecified atom stereocenters. The van der Waals surface area contributed by atoms with Gasteiger partial charge in [-0.1, -0.05) is 0 Å². The molecule has 0 bridgehead atoms. The Labute approximate surface area is 124 Å². The maximum atomic E-state index is 2.50. The van der Waals surface area contributed by atoms with Crippen LogP contribution in [0.1, 0.15) is 26.7 Å². The Kier molecular flexibility index (Phi) is 6.03. The van der Waals surface area contributed by atoms with Crippen molar-refractivity contribution in [2.75, 3.05) is 42.3 Å². The van der Waals surface area contributed by atoms with Gasteiger partial charge < -0.3 is 0 Å². The summed E-state index contributed by atoms with van der Waals surface area (Å²) in [7, 11) is 13.5. The Hall–Kier alpha value is 0.0743. The summed E-state index contributed by atoms with van der Waals surface area (Å²) < 4.78 is 9.22. The number of nitrogens with zero attached hydrogens (tertiary/aromatic N) is 3. The molecule has 0 spiro atoms. The van der Waals surface area contributed by atoms with Crippen LogP contribution in [-0.2, 0) is 17.4 Å². The van der Waals surface area contributed by atoms with Crippen LogP contribution in [0.25, 0.3) is 0 Å². The van der Waals surface area contributed by atoms with E-state index in [9.17, 15) is 0 Å². The molecule has 0 amide bonds. The molecule has 1 aliphatic rings. The van der Waals surface area contributed by atoms with Crippen LogP contribution in [0, 0.1) is 5.92 Å². The SMILES string of the molecule is CCC(C)C1=[C]([Ti]([N](C)C)([N](C)C)[N](C)C)CC=C1. The van der Waals surface area contributed by atoms with Crippen LogP contribution in [0.4, 0.5) is 0 Å². The van der Waals surface area contributed by atoms with Gasteiger partial charge in [0.25, 0.3) is 0 Å². The molecule has 0 aromatic rings. The second-order valence-electron chi connectivity index (χ2n) is 6.17. The fourth-order valence-electron chi connectivity index (χ4n) is 3.54. The standard InChI is InChI=1S/C9H13.3C2H6N.Ti/c1-3-8(2)9-6-4-5-7-9;3*1-3-2;/h4,6,8H,3,5H2,1-2H3;3*1-2H3;/q;3*-1;+3. The summed E-state index contributed by atoms with van der Waals surface area (Å²) in [6.07, 6.45) is 7.08. The van der Waals surface area contributed by atoms with Gasteiger partial charge in [0.05, 0.1) is 0 Å².